The molecule has 1 aromatic carbocycles. The van der Waals surface area contributed by atoms with Crippen LogP contribution in [0, 0.1) is 5.92 Å². The van der Waals surface area contributed by atoms with E-state index in [1.54, 1.807) is 13.3 Å². The molecule has 0 bridgehead atoms. The summed E-state index contributed by atoms with van der Waals surface area (Å²) in [6, 6.07) is 8.06. The van der Waals surface area contributed by atoms with Crippen LogP contribution in [-0.4, -0.2) is 24.7 Å². The minimum Gasteiger partial charge on any atom is -0.497 e. The smallest absolute Gasteiger partial charge is 0.133 e. The van der Waals surface area contributed by atoms with E-state index in [2.05, 4.69) is 24.1 Å². The van der Waals surface area contributed by atoms with Crippen LogP contribution in [0.2, 0.25) is 0 Å². The molecule has 0 spiro atoms. The molecule has 4 nitrogen and oxygen atoms in total. The summed E-state index contributed by atoms with van der Waals surface area (Å²) in [5, 5.41) is 5.52. The lowest BCUT2D eigenvalue weighted by molar-refractivity contribution is 0.415. The molecule has 1 atom stereocenters. The molecule has 19 heavy (non-hydrogen) atoms. The number of hydrogen-bond donors (Lipinski definition) is 2. The molecule has 102 valence electrons. The summed E-state index contributed by atoms with van der Waals surface area (Å²) in [5.74, 6) is 2.17. The molecular formula is C15H21N3O. The van der Waals surface area contributed by atoms with E-state index in [0.717, 1.165) is 28.9 Å². The second-order valence-electron chi connectivity index (χ2n) is 5.04. The second kappa shape index (κ2) is 5.89. The fourth-order valence-electron chi connectivity index (χ4n) is 1.87. The molecule has 1 unspecified atom stereocenters. The van der Waals surface area contributed by atoms with Crippen LogP contribution in [0.5, 0.6) is 5.75 Å². The largest absolute Gasteiger partial charge is 0.497 e. The van der Waals surface area contributed by atoms with Crippen molar-refractivity contribution < 1.29 is 4.74 Å². The predicted molar refractivity (Wildman–Crippen MR) is 79.6 cm³/mol. The van der Waals surface area contributed by atoms with Gasteiger partial charge >= 0.3 is 0 Å². The lowest BCUT2D eigenvalue weighted by atomic mass is 10.1. The summed E-state index contributed by atoms with van der Waals surface area (Å²) in [6.07, 6.45) is 1.80. The van der Waals surface area contributed by atoms with Crippen LogP contribution in [0.4, 0.5) is 5.82 Å². The Labute approximate surface area is 114 Å². The van der Waals surface area contributed by atoms with Crippen LogP contribution in [0.1, 0.15) is 13.8 Å². The van der Waals surface area contributed by atoms with Gasteiger partial charge in [-0.25, -0.2) is 4.98 Å². The molecule has 1 heterocycles. The highest BCUT2D eigenvalue weighted by Gasteiger charge is 2.09. The second-order valence-corrected chi connectivity index (χ2v) is 5.04. The van der Waals surface area contributed by atoms with E-state index in [0.29, 0.717) is 5.92 Å². The molecule has 0 amide bonds. The summed E-state index contributed by atoms with van der Waals surface area (Å²) in [4.78, 5) is 4.39. The zero-order chi connectivity index (χ0) is 13.8. The Morgan fingerprint density at radius 3 is 2.79 bits per heavy atom. The van der Waals surface area contributed by atoms with Crippen LogP contribution >= 0.6 is 0 Å². The molecule has 2 rings (SSSR count). The Morgan fingerprint density at radius 2 is 2.11 bits per heavy atom. The zero-order valence-electron chi connectivity index (χ0n) is 11.7. The van der Waals surface area contributed by atoms with E-state index in [4.69, 9.17) is 10.5 Å². The van der Waals surface area contributed by atoms with Gasteiger partial charge in [-0.15, -0.1) is 0 Å². The number of aromatic nitrogens is 1. The highest BCUT2D eigenvalue weighted by molar-refractivity contribution is 5.92. The van der Waals surface area contributed by atoms with Crippen molar-refractivity contribution in [3.05, 3.63) is 30.5 Å². The van der Waals surface area contributed by atoms with Crippen LogP contribution in [0.3, 0.4) is 0 Å². The van der Waals surface area contributed by atoms with Gasteiger partial charge < -0.3 is 15.8 Å². The third-order valence-corrected chi connectivity index (χ3v) is 3.33. The Hall–Kier alpha value is -1.81. The number of pyridine rings is 1. The Bertz CT molecular complexity index is 554. The minimum atomic E-state index is 0.121. The lowest BCUT2D eigenvalue weighted by Crippen LogP contribution is -2.34. The van der Waals surface area contributed by atoms with Gasteiger partial charge in [-0.2, -0.15) is 0 Å². The Morgan fingerprint density at radius 1 is 1.32 bits per heavy atom. The molecule has 0 radical (unpaired) electrons. The average molecular weight is 259 g/mol. The van der Waals surface area contributed by atoms with Gasteiger partial charge in [-0.1, -0.05) is 13.8 Å². The normalized spacial score (nSPS) is 12.7. The number of nitrogens with one attached hydrogen (secondary N) is 1. The Kier molecular flexibility index (Phi) is 4.22. The maximum atomic E-state index is 6.04. The Balaban J connectivity index is 2.23. The fourth-order valence-corrected chi connectivity index (χ4v) is 1.87. The van der Waals surface area contributed by atoms with Crippen LogP contribution in [-0.2, 0) is 0 Å². The van der Waals surface area contributed by atoms with Crippen LogP contribution < -0.4 is 15.8 Å². The van der Waals surface area contributed by atoms with E-state index < -0.39 is 0 Å². The first-order valence-corrected chi connectivity index (χ1v) is 6.54. The molecule has 1 aromatic heterocycles. The molecule has 0 aliphatic rings. The van der Waals surface area contributed by atoms with Gasteiger partial charge in [0.05, 0.1) is 7.11 Å². The third kappa shape index (κ3) is 3.15. The van der Waals surface area contributed by atoms with Crippen molar-refractivity contribution in [3.63, 3.8) is 0 Å². The molecule has 0 saturated carbocycles. The average Bonchev–Trinajstić information content (AvgIpc) is 2.43. The summed E-state index contributed by atoms with van der Waals surface area (Å²) in [6.45, 7) is 4.96. The van der Waals surface area contributed by atoms with Crippen molar-refractivity contribution >= 4 is 16.6 Å². The number of fused-ring (bicyclic) bond motifs is 1. The van der Waals surface area contributed by atoms with Crippen molar-refractivity contribution in [1.29, 1.82) is 0 Å². The highest BCUT2D eigenvalue weighted by atomic mass is 16.5. The van der Waals surface area contributed by atoms with Crippen LogP contribution in [0.15, 0.2) is 30.5 Å². The van der Waals surface area contributed by atoms with E-state index >= 15 is 0 Å². The van der Waals surface area contributed by atoms with Gasteiger partial charge in [0, 0.05) is 24.2 Å². The van der Waals surface area contributed by atoms with Gasteiger partial charge in [-0.05, 0) is 35.6 Å². The molecule has 0 fully saturated rings. The fraction of sp³-hybridized carbons (Fsp3) is 0.400. The highest BCUT2D eigenvalue weighted by Crippen LogP contribution is 2.25. The van der Waals surface area contributed by atoms with E-state index in [1.165, 1.54) is 0 Å². The molecule has 0 saturated heterocycles. The lowest BCUT2D eigenvalue weighted by Gasteiger charge is -2.17. The summed E-state index contributed by atoms with van der Waals surface area (Å²) >= 11 is 0. The first-order valence-electron chi connectivity index (χ1n) is 6.54. The number of nitrogens with zero attached hydrogens (tertiary/aromatic N) is 1. The summed E-state index contributed by atoms with van der Waals surface area (Å²) in [5.41, 5.74) is 6.04. The van der Waals surface area contributed by atoms with Gasteiger partial charge in [-0.3, -0.25) is 0 Å². The molecule has 0 aliphatic carbocycles. The quantitative estimate of drug-likeness (QED) is 0.866. The monoisotopic (exact) mass is 259 g/mol. The number of ether oxygens (including phenoxy) is 1. The summed E-state index contributed by atoms with van der Waals surface area (Å²) in [7, 11) is 1.67. The SMILES string of the molecule is COc1ccc2c(NCC(N)C(C)C)nccc2c1. The number of methoxy groups -OCH3 is 1. The summed E-state index contributed by atoms with van der Waals surface area (Å²) < 4.78 is 5.23. The first kappa shape index (κ1) is 13.6. The first-order chi connectivity index (χ1) is 9.11. The standard InChI is InChI=1S/C15H21N3O/c1-10(2)14(16)9-18-15-13-5-4-12(19-3)8-11(13)6-7-17-15/h4-8,10,14H,9,16H2,1-3H3,(H,17,18). The van der Waals surface area contributed by atoms with Gasteiger partial charge in [0.25, 0.3) is 0 Å². The topological polar surface area (TPSA) is 60.2 Å². The van der Waals surface area contributed by atoms with Gasteiger partial charge in [0.15, 0.2) is 0 Å². The number of nitrogens with two attached hydrogens (primary N) is 1. The number of anilines is 1. The maximum absolute atomic E-state index is 6.04. The number of rotatable bonds is 5. The van der Waals surface area contributed by atoms with Crippen molar-refractivity contribution in [3.8, 4) is 5.75 Å². The molecule has 0 aliphatic heterocycles. The van der Waals surface area contributed by atoms with E-state index in [1.807, 2.05) is 24.3 Å². The van der Waals surface area contributed by atoms with Crippen LogP contribution in [0.25, 0.3) is 10.8 Å². The predicted octanol–water partition coefficient (Wildman–Crippen LogP) is 2.64. The molecule has 2 aromatic rings. The van der Waals surface area contributed by atoms with Crippen molar-refractivity contribution in [2.75, 3.05) is 19.0 Å². The van der Waals surface area contributed by atoms with Crippen molar-refractivity contribution in [2.24, 2.45) is 11.7 Å². The van der Waals surface area contributed by atoms with Gasteiger partial charge in [0.1, 0.15) is 11.6 Å². The molecule has 4 heteroatoms. The minimum absolute atomic E-state index is 0.121. The number of benzene rings is 1. The van der Waals surface area contributed by atoms with Crippen molar-refractivity contribution in [2.45, 2.75) is 19.9 Å². The van der Waals surface area contributed by atoms with E-state index in [-0.39, 0.29) is 6.04 Å². The van der Waals surface area contributed by atoms with Gasteiger partial charge in [0.2, 0.25) is 0 Å². The molecular weight excluding hydrogens is 238 g/mol. The van der Waals surface area contributed by atoms with Crippen molar-refractivity contribution in [1.82, 2.24) is 4.98 Å². The zero-order valence-corrected chi connectivity index (χ0v) is 11.7. The molecule has 3 N–H and O–H groups in total. The van der Waals surface area contributed by atoms with E-state index in [9.17, 15) is 0 Å². The third-order valence-electron chi connectivity index (χ3n) is 3.33. The maximum Gasteiger partial charge on any atom is 0.133 e. The number of hydrogen-bond acceptors (Lipinski definition) is 4.